The summed E-state index contributed by atoms with van der Waals surface area (Å²) >= 11 is 2.23. The van der Waals surface area contributed by atoms with Crippen LogP contribution in [-0.4, -0.2) is 38.8 Å². The predicted molar refractivity (Wildman–Crippen MR) is 108 cm³/mol. The van der Waals surface area contributed by atoms with E-state index >= 15 is 0 Å². The van der Waals surface area contributed by atoms with Crippen LogP contribution in [0.2, 0.25) is 39.3 Å². The van der Waals surface area contributed by atoms with Crippen molar-refractivity contribution in [1.29, 1.82) is 0 Å². The average molecular weight is 360 g/mol. The second kappa shape index (κ2) is 8.29. The summed E-state index contributed by atoms with van der Waals surface area (Å²) in [6.45, 7) is 20.0. The SMILES string of the molecule is CCC/C(C)=C(\O[Si](C)(C)C)N1CCC[C@H]1CS[Si](C)(C)C. The van der Waals surface area contributed by atoms with Crippen molar-refractivity contribution in [2.45, 2.75) is 84.9 Å². The minimum absolute atomic E-state index is 0.676. The minimum atomic E-state index is -1.57. The summed E-state index contributed by atoms with van der Waals surface area (Å²) in [5, 5.41) is 0. The Morgan fingerprint density at radius 1 is 1.18 bits per heavy atom. The summed E-state index contributed by atoms with van der Waals surface area (Å²) in [6.07, 6.45) is 5.00. The lowest BCUT2D eigenvalue weighted by atomic mass is 10.1. The molecule has 0 radical (unpaired) electrons. The maximum atomic E-state index is 6.54. The fourth-order valence-electron chi connectivity index (χ4n) is 2.79. The highest BCUT2D eigenvalue weighted by atomic mass is 32.4. The van der Waals surface area contributed by atoms with Gasteiger partial charge in [-0.3, -0.25) is 0 Å². The topological polar surface area (TPSA) is 12.5 Å². The third-order valence-electron chi connectivity index (χ3n) is 3.74. The van der Waals surface area contributed by atoms with Crippen LogP contribution in [-0.2, 0) is 4.43 Å². The molecular weight excluding hydrogens is 322 g/mol. The van der Waals surface area contributed by atoms with E-state index in [9.17, 15) is 0 Å². The van der Waals surface area contributed by atoms with Crippen LogP contribution in [0.25, 0.3) is 0 Å². The van der Waals surface area contributed by atoms with Gasteiger partial charge in [0, 0.05) is 18.3 Å². The maximum absolute atomic E-state index is 6.54. The molecule has 0 amide bonds. The first-order chi connectivity index (χ1) is 10.0. The summed E-state index contributed by atoms with van der Waals surface area (Å²) in [5.41, 5.74) is 1.45. The number of likely N-dealkylation sites (tertiary alicyclic amines) is 1. The molecule has 0 saturated carbocycles. The van der Waals surface area contributed by atoms with E-state index in [1.807, 2.05) is 0 Å². The predicted octanol–water partition coefficient (Wildman–Crippen LogP) is 5.90. The molecule has 0 aromatic heterocycles. The maximum Gasteiger partial charge on any atom is 0.244 e. The third kappa shape index (κ3) is 7.13. The van der Waals surface area contributed by atoms with Crippen molar-refractivity contribution in [3.63, 3.8) is 0 Å². The molecule has 0 aromatic carbocycles. The molecule has 1 fully saturated rings. The molecule has 1 heterocycles. The molecular formula is C17H37NOSSi2. The molecule has 0 unspecified atom stereocenters. The lowest BCUT2D eigenvalue weighted by Crippen LogP contribution is -2.38. The highest BCUT2D eigenvalue weighted by molar-refractivity contribution is 8.28. The zero-order valence-electron chi connectivity index (χ0n) is 16.1. The van der Waals surface area contributed by atoms with Crippen LogP contribution in [0, 0.1) is 0 Å². The summed E-state index contributed by atoms with van der Waals surface area (Å²) in [6, 6.07) is 0.676. The Bertz CT molecular complexity index is 385. The first kappa shape index (κ1) is 20.2. The zero-order chi connectivity index (χ0) is 17.0. The van der Waals surface area contributed by atoms with Crippen LogP contribution >= 0.6 is 11.2 Å². The van der Waals surface area contributed by atoms with Crippen LogP contribution < -0.4 is 0 Å². The van der Waals surface area contributed by atoms with Crippen molar-refractivity contribution in [3.05, 3.63) is 11.5 Å². The van der Waals surface area contributed by atoms with Gasteiger partial charge in [-0.25, -0.2) is 0 Å². The van der Waals surface area contributed by atoms with Gasteiger partial charge >= 0.3 is 0 Å². The Kier molecular flexibility index (Phi) is 7.60. The van der Waals surface area contributed by atoms with E-state index in [4.69, 9.17) is 4.43 Å². The summed E-state index contributed by atoms with van der Waals surface area (Å²) in [4.78, 5) is 2.61. The Hall–Kier alpha value is 0.124. The molecule has 0 aromatic rings. The van der Waals surface area contributed by atoms with E-state index in [-0.39, 0.29) is 0 Å². The fourth-order valence-corrected chi connectivity index (χ4v) is 6.77. The van der Waals surface area contributed by atoms with Crippen LogP contribution in [0.5, 0.6) is 0 Å². The Labute approximate surface area is 144 Å². The molecule has 1 rings (SSSR count). The molecule has 5 heteroatoms. The molecule has 0 N–H and O–H groups in total. The fraction of sp³-hybridized carbons (Fsp3) is 0.882. The summed E-state index contributed by atoms with van der Waals surface area (Å²) in [5.74, 6) is 2.51. The first-order valence-corrected chi connectivity index (χ1v) is 17.4. The summed E-state index contributed by atoms with van der Waals surface area (Å²) in [7, 11) is -2.60. The van der Waals surface area contributed by atoms with Gasteiger partial charge in [0.15, 0.2) is 5.88 Å². The molecule has 130 valence electrons. The van der Waals surface area contributed by atoms with Gasteiger partial charge in [-0.1, -0.05) is 33.0 Å². The lowest BCUT2D eigenvalue weighted by Gasteiger charge is -2.35. The van der Waals surface area contributed by atoms with Crippen LogP contribution in [0.3, 0.4) is 0 Å². The van der Waals surface area contributed by atoms with Crippen molar-refractivity contribution >= 4 is 26.8 Å². The highest BCUT2D eigenvalue weighted by Crippen LogP contribution is 2.32. The van der Waals surface area contributed by atoms with Gasteiger partial charge in [0.25, 0.3) is 0 Å². The molecule has 22 heavy (non-hydrogen) atoms. The number of rotatable bonds is 8. The second-order valence-electron chi connectivity index (χ2n) is 8.46. The highest BCUT2D eigenvalue weighted by Gasteiger charge is 2.32. The molecule has 0 aliphatic carbocycles. The molecule has 1 atom stereocenters. The van der Waals surface area contributed by atoms with E-state index in [2.05, 4.69) is 69.2 Å². The third-order valence-corrected chi connectivity index (χ3v) is 9.06. The van der Waals surface area contributed by atoms with Crippen LogP contribution in [0.15, 0.2) is 11.5 Å². The van der Waals surface area contributed by atoms with Crippen molar-refractivity contribution < 1.29 is 4.43 Å². The molecule has 2 nitrogen and oxygen atoms in total. The monoisotopic (exact) mass is 359 g/mol. The quantitative estimate of drug-likeness (QED) is 0.395. The lowest BCUT2D eigenvalue weighted by molar-refractivity contribution is 0.202. The van der Waals surface area contributed by atoms with Gasteiger partial charge in [-0.15, -0.1) is 0 Å². The molecule has 1 aliphatic heterocycles. The van der Waals surface area contributed by atoms with E-state index in [0.29, 0.717) is 6.04 Å². The number of nitrogens with zero attached hydrogens (tertiary/aromatic N) is 1. The Morgan fingerprint density at radius 2 is 1.82 bits per heavy atom. The standard InChI is InChI=1S/C17H37NOSSi2/c1-9-11-15(2)17(19-21(3,4)5)18-13-10-12-16(18)14-20-22(6,7)8/h16H,9-14H2,1-8H3/b17-15-/t16-/m0/s1. The Balaban J connectivity index is 2.90. The molecule has 1 saturated heterocycles. The molecule has 1 aliphatic rings. The molecule has 0 spiro atoms. The van der Waals surface area contributed by atoms with Gasteiger partial charge in [-0.2, -0.15) is 11.2 Å². The molecule has 0 bridgehead atoms. The van der Waals surface area contributed by atoms with E-state index in [0.717, 1.165) is 6.42 Å². The smallest absolute Gasteiger partial charge is 0.244 e. The number of hydrogen-bond acceptors (Lipinski definition) is 3. The van der Waals surface area contributed by atoms with E-state index in [1.54, 1.807) is 0 Å². The number of hydrogen-bond donors (Lipinski definition) is 0. The van der Waals surface area contributed by atoms with Crippen molar-refractivity contribution in [2.75, 3.05) is 12.3 Å². The first-order valence-electron chi connectivity index (χ1n) is 8.83. The van der Waals surface area contributed by atoms with Gasteiger partial charge in [0.2, 0.25) is 8.32 Å². The minimum Gasteiger partial charge on any atom is -0.533 e. The van der Waals surface area contributed by atoms with Gasteiger partial charge in [-0.05, 0) is 51.4 Å². The van der Waals surface area contributed by atoms with Crippen LogP contribution in [0.1, 0.15) is 39.5 Å². The van der Waals surface area contributed by atoms with E-state index in [1.165, 1.54) is 43.0 Å². The normalized spacial score (nSPS) is 21.1. The van der Waals surface area contributed by atoms with Gasteiger partial charge in [0.05, 0.1) is 0 Å². The second-order valence-corrected chi connectivity index (χ2v) is 22.3. The van der Waals surface area contributed by atoms with Crippen molar-refractivity contribution in [1.82, 2.24) is 4.90 Å². The zero-order valence-corrected chi connectivity index (χ0v) is 18.9. The summed E-state index contributed by atoms with van der Waals surface area (Å²) < 4.78 is 6.54. The number of allylic oxidation sites excluding steroid dienone is 1. The van der Waals surface area contributed by atoms with Crippen molar-refractivity contribution in [3.8, 4) is 0 Å². The largest absolute Gasteiger partial charge is 0.533 e. The Morgan fingerprint density at radius 3 is 2.32 bits per heavy atom. The van der Waals surface area contributed by atoms with Crippen molar-refractivity contribution in [2.24, 2.45) is 0 Å². The average Bonchev–Trinajstić information content (AvgIpc) is 2.80. The van der Waals surface area contributed by atoms with Gasteiger partial charge in [0.1, 0.15) is 7.22 Å². The van der Waals surface area contributed by atoms with E-state index < -0.39 is 15.5 Å². The van der Waals surface area contributed by atoms with Gasteiger partial charge < -0.3 is 9.33 Å². The van der Waals surface area contributed by atoms with Crippen LogP contribution in [0.4, 0.5) is 0 Å².